The molecule has 0 spiro atoms. The minimum atomic E-state index is -4.77. The van der Waals surface area contributed by atoms with Gasteiger partial charge >= 0.3 is 12.3 Å². The van der Waals surface area contributed by atoms with E-state index in [0.717, 1.165) is 5.52 Å². The van der Waals surface area contributed by atoms with Gasteiger partial charge in [0.15, 0.2) is 0 Å². The molecular weight excluding hydrogens is 335 g/mol. The van der Waals surface area contributed by atoms with E-state index in [9.17, 15) is 23.1 Å². The molecule has 0 aliphatic heterocycles. The van der Waals surface area contributed by atoms with Crippen LogP contribution in [0.4, 0.5) is 13.2 Å². The van der Waals surface area contributed by atoms with Crippen molar-refractivity contribution in [1.82, 2.24) is 4.57 Å². The second kappa shape index (κ2) is 6.16. The fourth-order valence-electron chi connectivity index (χ4n) is 2.78. The van der Waals surface area contributed by atoms with Crippen LogP contribution in [0.3, 0.4) is 0 Å². The van der Waals surface area contributed by atoms with Crippen LogP contribution in [-0.4, -0.2) is 22.0 Å². The zero-order valence-electron chi connectivity index (χ0n) is 13.2. The fraction of sp³-hybridized carbons (Fsp3) is 0.167. The summed E-state index contributed by atoms with van der Waals surface area (Å²) < 4.78 is 42.9. The average Bonchev–Trinajstić information content (AvgIpc) is 2.91. The molecule has 0 aliphatic rings. The lowest BCUT2D eigenvalue weighted by molar-refractivity contribution is -0.274. The van der Waals surface area contributed by atoms with Gasteiger partial charge in [0.1, 0.15) is 5.75 Å². The van der Waals surface area contributed by atoms with E-state index in [1.165, 1.54) is 18.2 Å². The topological polar surface area (TPSA) is 51.5 Å². The van der Waals surface area contributed by atoms with E-state index in [4.69, 9.17) is 0 Å². The van der Waals surface area contributed by atoms with Crippen molar-refractivity contribution in [3.05, 3.63) is 54.2 Å². The first kappa shape index (κ1) is 16.9. The number of halogens is 3. The molecule has 0 amide bonds. The first-order valence-electron chi connectivity index (χ1n) is 7.51. The van der Waals surface area contributed by atoms with Gasteiger partial charge in [-0.05, 0) is 42.3 Å². The van der Waals surface area contributed by atoms with Gasteiger partial charge < -0.3 is 14.4 Å². The summed E-state index contributed by atoms with van der Waals surface area (Å²) in [5.41, 5.74) is 2.02. The number of alkyl halides is 3. The van der Waals surface area contributed by atoms with E-state index in [2.05, 4.69) is 4.74 Å². The van der Waals surface area contributed by atoms with Crippen molar-refractivity contribution >= 4 is 16.9 Å². The summed E-state index contributed by atoms with van der Waals surface area (Å²) in [5.74, 6) is -1.38. The Balaban J connectivity index is 2.09. The van der Waals surface area contributed by atoms with Crippen molar-refractivity contribution < 1.29 is 27.8 Å². The van der Waals surface area contributed by atoms with Gasteiger partial charge in [0.25, 0.3) is 0 Å². The summed E-state index contributed by atoms with van der Waals surface area (Å²) in [6, 6.07) is 10.7. The third kappa shape index (κ3) is 3.45. The van der Waals surface area contributed by atoms with Crippen molar-refractivity contribution in [1.29, 1.82) is 0 Å². The third-order valence-electron chi connectivity index (χ3n) is 3.85. The number of ether oxygens (including phenoxy) is 1. The lowest BCUT2D eigenvalue weighted by Gasteiger charge is -2.10. The highest BCUT2D eigenvalue weighted by Crippen LogP contribution is 2.31. The van der Waals surface area contributed by atoms with Crippen molar-refractivity contribution in [3.8, 4) is 16.9 Å². The van der Waals surface area contributed by atoms with Crippen LogP contribution in [0, 0.1) is 0 Å². The van der Waals surface area contributed by atoms with Gasteiger partial charge in [-0.2, -0.15) is 0 Å². The first-order valence-corrected chi connectivity index (χ1v) is 7.51. The quantitative estimate of drug-likeness (QED) is 0.727. The Kier molecular flexibility index (Phi) is 4.16. The average molecular weight is 349 g/mol. The Morgan fingerprint density at radius 1 is 1.16 bits per heavy atom. The predicted molar refractivity (Wildman–Crippen MR) is 86.7 cm³/mol. The molecule has 0 unspecified atom stereocenters. The van der Waals surface area contributed by atoms with Gasteiger partial charge in [0.2, 0.25) is 0 Å². The molecule has 0 saturated carbocycles. The van der Waals surface area contributed by atoms with Crippen LogP contribution in [0.1, 0.15) is 17.3 Å². The van der Waals surface area contributed by atoms with Crippen LogP contribution >= 0.6 is 0 Å². The molecule has 0 radical (unpaired) electrons. The summed E-state index contributed by atoms with van der Waals surface area (Å²) in [5, 5.41) is 9.90. The maximum Gasteiger partial charge on any atom is 0.573 e. The largest absolute Gasteiger partial charge is 0.573 e. The maximum absolute atomic E-state index is 12.4. The van der Waals surface area contributed by atoms with Gasteiger partial charge in [0.05, 0.1) is 5.56 Å². The molecule has 1 aromatic heterocycles. The van der Waals surface area contributed by atoms with Crippen molar-refractivity contribution in [3.63, 3.8) is 0 Å². The number of rotatable bonds is 4. The van der Waals surface area contributed by atoms with E-state index < -0.39 is 12.3 Å². The molecule has 4 nitrogen and oxygen atoms in total. The van der Waals surface area contributed by atoms with Crippen molar-refractivity contribution in [2.24, 2.45) is 0 Å². The normalized spacial score (nSPS) is 11.7. The lowest BCUT2D eigenvalue weighted by atomic mass is 10.0. The molecular formula is C18H14F3NO3. The SMILES string of the molecule is CCn1cc(C(=O)O)c2cc(-c3cccc(OC(F)(F)F)c3)ccc21. The Bertz CT molecular complexity index is 944. The van der Waals surface area contributed by atoms with Crippen LogP contribution in [0.5, 0.6) is 5.75 Å². The van der Waals surface area contributed by atoms with Crippen LogP contribution in [0.25, 0.3) is 22.0 Å². The van der Waals surface area contributed by atoms with Gasteiger partial charge in [0, 0.05) is 23.6 Å². The second-order valence-electron chi connectivity index (χ2n) is 5.44. The molecule has 0 aliphatic carbocycles. The van der Waals surface area contributed by atoms with Crippen LogP contribution < -0.4 is 4.74 Å². The number of aromatic nitrogens is 1. The van der Waals surface area contributed by atoms with Crippen molar-refractivity contribution in [2.75, 3.05) is 0 Å². The third-order valence-corrected chi connectivity index (χ3v) is 3.85. The summed E-state index contributed by atoms with van der Waals surface area (Å²) in [6.45, 7) is 2.51. The minimum absolute atomic E-state index is 0.154. The summed E-state index contributed by atoms with van der Waals surface area (Å²) in [7, 11) is 0. The molecule has 1 heterocycles. The van der Waals surface area contributed by atoms with Gasteiger partial charge in [-0.25, -0.2) is 4.79 Å². The van der Waals surface area contributed by atoms with Gasteiger partial charge in [-0.3, -0.25) is 0 Å². The smallest absolute Gasteiger partial charge is 0.478 e. The van der Waals surface area contributed by atoms with E-state index in [1.807, 2.05) is 11.5 Å². The summed E-state index contributed by atoms with van der Waals surface area (Å²) in [4.78, 5) is 11.4. The number of carboxylic acids is 1. The molecule has 0 atom stereocenters. The molecule has 7 heteroatoms. The van der Waals surface area contributed by atoms with Crippen LogP contribution in [-0.2, 0) is 6.54 Å². The number of benzene rings is 2. The van der Waals surface area contributed by atoms with Crippen molar-refractivity contribution in [2.45, 2.75) is 19.8 Å². The molecule has 1 N–H and O–H groups in total. The molecule has 3 aromatic rings. The molecule has 0 saturated heterocycles. The Hall–Kier alpha value is -2.96. The van der Waals surface area contributed by atoms with E-state index in [1.54, 1.807) is 30.5 Å². The highest BCUT2D eigenvalue weighted by Gasteiger charge is 2.31. The molecule has 0 fully saturated rings. The number of hydrogen-bond acceptors (Lipinski definition) is 2. The Morgan fingerprint density at radius 3 is 2.52 bits per heavy atom. The van der Waals surface area contributed by atoms with E-state index in [0.29, 0.717) is 23.1 Å². The van der Waals surface area contributed by atoms with Crippen LogP contribution in [0.15, 0.2) is 48.7 Å². The number of carbonyl (C=O) groups is 1. The summed E-state index contributed by atoms with van der Waals surface area (Å²) in [6.07, 6.45) is -3.21. The summed E-state index contributed by atoms with van der Waals surface area (Å²) >= 11 is 0. The number of fused-ring (bicyclic) bond motifs is 1. The lowest BCUT2D eigenvalue weighted by Crippen LogP contribution is -2.17. The zero-order chi connectivity index (χ0) is 18.2. The Labute approximate surface area is 141 Å². The fourth-order valence-corrected chi connectivity index (χ4v) is 2.78. The van der Waals surface area contributed by atoms with Gasteiger partial charge in [-0.15, -0.1) is 13.2 Å². The molecule has 0 bridgehead atoms. The first-order chi connectivity index (χ1) is 11.8. The molecule has 2 aromatic carbocycles. The number of carboxylic acid groups (broad SMARTS) is 1. The molecule has 25 heavy (non-hydrogen) atoms. The molecule has 130 valence electrons. The van der Waals surface area contributed by atoms with Crippen LogP contribution in [0.2, 0.25) is 0 Å². The van der Waals surface area contributed by atoms with Gasteiger partial charge in [-0.1, -0.05) is 18.2 Å². The number of aromatic carboxylic acids is 1. The zero-order valence-corrected chi connectivity index (χ0v) is 13.2. The molecule has 3 rings (SSSR count). The number of nitrogens with zero attached hydrogens (tertiary/aromatic N) is 1. The number of hydrogen-bond donors (Lipinski definition) is 1. The second-order valence-corrected chi connectivity index (χ2v) is 5.44. The highest BCUT2D eigenvalue weighted by atomic mass is 19.4. The maximum atomic E-state index is 12.4. The monoisotopic (exact) mass is 349 g/mol. The standard InChI is InChI=1S/C18H14F3NO3/c1-2-22-10-15(17(23)24)14-9-12(6-7-16(14)22)11-4-3-5-13(8-11)25-18(19,20)21/h3-10H,2H2,1H3,(H,23,24). The number of aryl methyl sites for hydroxylation is 1. The van der Waals surface area contributed by atoms with E-state index in [-0.39, 0.29) is 11.3 Å². The predicted octanol–water partition coefficient (Wildman–Crippen LogP) is 4.93. The Morgan fingerprint density at radius 2 is 1.88 bits per heavy atom. The van der Waals surface area contributed by atoms with E-state index >= 15 is 0 Å². The highest BCUT2D eigenvalue weighted by molar-refractivity contribution is 6.04. The minimum Gasteiger partial charge on any atom is -0.478 e.